The van der Waals surface area contributed by atoms with Crippen LogP contribution < -0.4 is 0 Å². The van der Waals surface area contributed by atoms with E-state index in [1.807, 2.05) is 53.4 Å². The highest BCUT2D eigenvalue weighted by Crippen LogP contribution is 2.31. The van der Waals surface area contributed by atoms with Gasteiger partial charge in [-0.15, -0.1) is 10.2 Å². The number of nitrogens with zero attached hydrogens (tertiary/aromatic N) is 8. The number of para-hydroxylation sites is 1. The molecule has 1 aliphatic heterocycles. The van der Waals surface area contributed by atoms with Crippen molar-refractivity contribution in [3.63, 3.8) is 0 Å². The topological polar surface area (TPSA) is 110 Å². The number of rotatable bonds is 5. The number of carbonyl (C=O) groups excluding carboxylic acids is 1. The number of H-pyrrole nitrogens is 1. The summed E-state index contributed by atoms with van der Waals surface area (Å²) in [5.74, 6) is 1.70. The van der Waals surface area contributed by atoms with Crippen LogP contribution in [0.3, 0.4) is 0 Å². The molecule has 1 aliphatic rings. The maximum Gasteiger partial charge on any atom is 0.274 e. The monoisotopic (exact) mass is 487 g/mol. The highest BCUT2D eigenvalue weighted by molar-refractivity contribution is 6.30. The number of likely N-dealkylation sites (tertiary alicyclic amines) is 1. The molecule has 0 unspecified atom stereocenters. The Morgan fingerprint density at radius 2 is 1.74 bits per heavy atom. The van der Waals surface area contributed by atoms with E-state index in [4.69, 9.17) is 11.6 Å². The number of aromatic nitrogens is 8. The number of benzene rings is 2. The van der Waals surface area contributed by atoms with Crippen LogP contribution in [0.25, 0.3) is 16.6 Å². The van der Waals surface area contributed by atoms with Crippen LogP contribution in [-0.2, 0) is 6.54 Å². The van der Waals surface area contributed by atoms with Gasteiger partial charge in [-0.05, 0) is 43.2 Å². The number of hydrogen-bond donors (Lipinski definition) is 1. The van der Waals surface area contributed by atoms with E-state index in [-0.39, 0.29) is 11.8 Å². The van der Waals surface area contributed by atoms with Crippen LogP contribution in [0.1, 0.15) is 40.9 Å². The first kappa shape index (κ1) is 21.5. The van der Waals surface area contributed by atoms with Gasteiger partial charge in [0.15, 0.2) is 11.5 Å². The van der Waals surface area contributed by atoms with E-state index in [0.29, 0.717) is 30.4 Å². The number of amides is 1. The molecule has 6 rings (SSSR count). The minimum Gasteiger partial charge on any atom is -0.337 e. The number of nitrogens with one attached hydrogen (secondary N) is 1. The van der Waals surface area contributed by atoms with Gasteiger partial charge in [0.2, 0.25) is 0 Å². The summed E-state index contributed by atoms with van der Waals surface area (Å²) in [6.45, 7) is 1.63. The molecule has 0 radical (unpaired) electrons. The minimum absolute atomic E-state index is 0.0505. The third kappa shape index (κ3) is 4.06. The number of fused-ring (bicyclic) bond motifs is 1. The first-order valence-corrected chi connectivity index (χ1v) is 11.8. The minimum atomic E-state index is -0.0505. The Hall–Kier alpha value is -4.05. The summed E-state index contributed by atoms with van der Waals surface area (Å²) in [6.07, 6.45) is 4.83. The Morgan fingerprint density at radius 3 is 2.51 bits per heavy atom. The standard InChI is InChI=1S/C24H22ClN9O/c25-17-5-7-18(8-6-17)34-21(15-33-26-11-12-27-33)29-31-23(34)16-9-13-32(14-10-16)24(35)22-19-3-1-2-4-20(19)28-30-22/h1-8,11-12,16H,9-10,13-15H2,(H,28,30). The fraction of sp³-hybridized carbons (Fsp3) is 0.250. The number of aromatic amines is 1. The van der Waals surface area contributed by atoms with Gasteiger partial charge in [0.1, 0.15) is 12.4 Å². The van der Waals surface area contributed by atoms with E-state index >= 15 is 0 Å². The lowest BCUT2D eigenvalue weighted by Gasteiger charge is -2.31. The van der Waals surface area contributed by atoms with Gasteiger partial charge in [-0.25, -0.2) is 0 Å². The van der Waals surface area contributed by atoms with Crippen molar-refractivity contribution in [2.75, 3.05) is 13.1 Å². The van der Waals surface area contributed by atoms with Crippen LogP contribution in [0.5, 0.6) is 0 Å². The molecule has 3 aromatic heterocycles. The van der Waals surface area contributed by atoms with Crippen molar-refractivity contribution in [2.24, 2.45) is 0 Å². The molecule has 1 fully saturated rings. The Kier molecular flexibility index (Phi) is 5.49. The molecule has 0 aliphatic carbocycles. The zero-order valence-electron chi connectivity index (χ0n) is 18.8. The summed E-state index contributed by atoms with van der Waals surface area (Å²) >= 11 is 6.13. The SMILES string of the molecule is O=C(c1n[nH]c2ccccc12)N1CCC(c2nnc(Cn3nccn3)n2-c2ccc(Cl)cc2)CC1. The zero-order valence-corrected chi connectivity index (χ0v) is 19.5. The Balaban J connectivity index is 1.25. The van der Waals surface area contributed by atoms with Crippen molar-refractivity contribution in [2.45, 2.75) is 25.3 Å². The third-order valence-corrected chi connectivity index (χ3v) is 6.66. The largest absolute Gasteiger partial charge is 0.337 e. The molecule has 10 nitrogen and oxygen atoms in total. The quantitative estimate of drug-likeness (QED) is 0.406. The van der Waals surface area contributed by atoms with E-state index < -0.39 is 0 Å². The van der Waals surface area contributed by atoms with Crippen LogP contribution in [-0.4, -0.2) is 63.9 Å². The number of halogens is 1. The summed E-state index contributed by atoms with van der Waals surface area (Å²) in [5, 5.41) is 26.2. The molecule has 0 atom stereocenters. The fourth-order valence-electron chi connectivity index (χ4n) is 4.64. The molecule has 4 heterocycles. The molecule has 11 heteroatoms. The molecule has 35 heavy (non-hydrogen) atoms. The maximum atomic E-state index is 13.2. The Labute approximate surface area is 205 Å². The number of piperidine rings is 1. The lowest BCUT2D eigenvalue weighted by atomic mass is 9.95. The second kappa shape index (κ2) is 8.95. The summed E-state index contributed by atoms with van der Waals surface area (Å²) in [5.41, 5.74) is 2.26. The van der Waals surface area contributed by atoms with Gasteiger partial charge in [-0.2, -0.15) is 20.1 Å². The van der Waals surface area contributed by atoms with Crippen molar-refractivity contribution in [1.29, 1.82) is 0 Å². The third-order valence-electron chi connectivity index (χ3n) is 6.41. The lowest BCUT2D eigenvalue weighted by Crippen LogP contribution is -2.38. The summed E-state index contributed by atoms with van der Waals surface area (Å²) in [4.78, 5) is 16.7. The van der Waals surface area contributed by atoms with Crippen molar-refractivity contribution >= 4 is 28.4 Å². The predicted octanol–water partition coefficient (Wildman–Crippen LogP) is 3.46. The van der Waals surface area contributed by atoms with Crippen LogP contribution >= 0.6 is 11.6 Å². The van der Waals surface area contributed by atoms with E-state index in [1.54, 1.807) is 17.2 Å². The van der Waals surface area contributed by atoms with Crippen molar-refractivity contribution in [1.82, 2.24) is 44.9 Å². The molecule has 0 saturated carbocycles. The molecular formula is C24H22ClN9O. The number of hydrogen-bond acceptors (Lipinski definition) is 6. The van der Waals surface area contributed by atoms with Crippen LogP contribution in [0.4, 0.5) is 0 Å². The highest BCUT2D eigenvalue weighted by Gasteiger charge is 2.30. The van der Waals surface area contributed by atoms with Crippen molar-refractivity contribution < 1.29 is 4.79 Å². The predicted molar refractivity (Wildman–Crippen MR) is 129 cm³/mol. The summed E-state index contributed by atoms with van der Waals surface area (Å²) in [7, 11) is 0. The van der Waals surface area contributed by atoms with E-state index in [2.05, 4.69) is 35.2 Å². The Morgan fingerprint density at radius 1 is 1.00 bits per heavy atom. The van der Waals surface area contributed by atoms with Gasteiger partial charge >= 0.3 is 0 Å². The van der Waals surface area contributed by atoms with E-state index in [0.717, 1.165) is 41.1 Å². The summed E-state index contributed by atoms with van der Waals surface area (Å²) in [6, 6.07) is 15.3. The van der Waals surface area contributed by atoms with Crippen LogP contribution in [0, 0.1) is 0 Å². The normalized spacial score (nSPS) is 14.6. The number of carbonyl (C=O) groups is 1. The highest BCUT2D eigenvalue weighted by atomic mass is 35.5. The molecule has 2 aromatic carbocycles. The summed E-state index contributed by atoms with van der Waals surface area (Å²) < 4.78 is 2.06. The first-order valence-electron chi connectivity index (χ1n) is 11.4. The average molecular weight is 488 g/mol. The van der Waals surface area contributed by atoms with Gasteiger partial charge in [-0.3, -0.25) is 14.5 Å². The Bertz CT molecular complexity index is 1460. The van der Waals surface area contributed by atoms with Crippen molar-refractivity contribution in [3.8, 4) is 5.69 Å². The van der Waals surface area contributed by atoms with Gasteiger partial charge in [0.25, 0.3) is 5.91 Å². The fourth-order valence-corrected chi connectivity index (χ4v) is 4.76. The lowest BCUT2D eigenvalue weighted by molar-refractivity contribution is 0.0706. The molecule has 0 spiro atoms. The van der Waals surface area contributed by atoms with E-state index in [1.165, 1.54) is 0 Å². The average Bonchev–Trinajstić information content (AvgIpc) is 3.65. The zero-order chi connectivity index (χ0) is 23.8. The van der Waals surface area contributed by atoms with Crippen molar-refractivity contribution in [3.05, 3.63) is 83.3 Å². The smallest absolute Gasteiger partial charge is 0.274 e. The van der Waals surface area contributed by atoms with Gasteiger partial charge in [0.05, 0.1) is 17.9 Å². The van der Waals surface area contributed by atoms with Crippen LogP contribution in [0.2, 0.25) is 5.02 Å². The molecule has 1 N–H and O–H groups in total. The molecule has 0 bridgehead atoms. The molecular weight excluding hydrogens is 466 g/mol. The second-order valence-corrected chi connectivity index (χ2v) is 8.97. The maximum absolute atomic E-state index is 13.2. The second-order valence-electron chi connectivity index (χ2n) is 8.53. The molecule has 5 aromatic rings. The van der Waals surface area contributed by atoms with Gasteiger partial charge in [0, 0.05) is 35.1 Å². The van der Waals surface area contributed by atoms with Crippen LogP contribution in [0.15, 0.2) is 60.9 Å². The van der Waals surface area contributed by atoms with E-state index in [9.17, 15) is 4.79 Å². The molecule has 1 amide bonds. The van der Waals surface area contributed by atoms with Gasteiger partial charge in [-0.1, -0.05) is 29.8 Å². The molecule has 1 saturated heterocycles. The molecule has 176 valence electrons. The first-order chi connectivity index (χ1) is 17.2. The van der Waals surface area contributed by atoms with Gasteiger partial charge < -0.3 is 4.90 Å².